The summed E-state index contributed by atoms with van der Waals surface area (Å²) < 4.78 is 0. The highest BCUT2D eigenvalue weighted by atomic mass is 16.3. The Morgan fingerprint density at radius 3 is 3.00 bits per heavy atom. The second-order valence-electron chi connectivity index (χ2n) is 5.92. The molecule has 0 aromatic heterocycles. The van der Waals surface area contributed by atoms with Crippen LogP contribution in [0.3, 0.4) is 0 Å². The van der Waals surface area contributed by atoms with E-state index in [9.17, 15) is 9.90 Å². The SMILES string of the molecule is C#CCCCCNC(=O)N(CCO)C1CCCc2ccccc21. The fraction of sp³-hybridized carbons (Fsp3) is 0.526. The average Bonchev–Trinajstić information content (AvgIpc) is 2.59. The third-order valence-electron chi connectivity index (χ3n) is 4.34. The molecule has 1 aromatic rings. The van der Waals surface area contributed by atoms with Crippen LogP contribution in [-0.2, 0) is 6.42 Å². The van der Waals surface area contributed by atoms with Crippen molar-refractivity contribution in [3.8, 4) is 12.3 Å². The van der Waals surface area contributed by atoms with E-state index in [4.69, 9.17) is 6.42 Å². The first-order chi connectivity index (χ1) is 11.3. The van der Waals surface area contributed by atoms with Crippen molar-refractivity contribution < 1.29 is 9.90 Å². The van der Waals surface area contributed by atoms with E-state index < -0.39 is 0 Å². The summed E-state index contributed by atoms with van der Waals surface area (Å²) in [4.78, 5) is 14.3. The van der Waals surface area contributed by atoms with Crippen LogP contribution in [-0.4, -0.2) is 35.7 Å². The summed E-state index contributed by atoms with van der Waals surface area (Å²) in [7, 11) is 0. The van der Waals surface area contributed by atoms with Crippen molar-refractivity contribution in [3.63, 3.8) is 0 Å². The zero-order valence-corrected chi connectivity index (χ0v) is 13.6. The van der Waals surface area contributed by atoms with E-state index in [1.54, 1.807) is 4.90 Å². The number of unbranched alkanes of at least 4 members (excludes halogenated alkanes) is 2. The summed E-state index contributed by atoms with van der Waals surface area (Å²) in [6.07, 6.45) is 10.8. The number of aliphatic hydroxyl groups excluding tert-OH is 1. The molecule has 2 rings (SSSR count). The summed E-state index contributed by atoms with van der Waals surface area (Å²) in [5.74, 6) is 2.61. The monoisotopic (exact) mass is 314 g/mol. The Kier molecular flexibility index (Phi) is 6.96. The lowest BCUT2D eigenvalue weighted by Crippen LogP contribution is -2.44. The topological polar surface area (TPSA) is 52.6 Å². The number of fused-ring (bicyclic) bond motifs is 1. The number of urea groups is 1. The van der Waals surface area contributed by atoms with Gasteiger partial charge in [-0.2, -0.15) is 0 Å². The van der Waals surface area contributed by atoms with Gasteiger partial charge in [0.1, 0.15) is 0 Å². The molecule has 1 atom stereocenters. The fourth-order valence-electron chi connectivity index (χ4n) is 3.21. The molecule has 4 nitrogen and oxygen atoms in total. The highest BCUT2D eigenvalue weighted by molar-refractivity contribution is 5.75. The number of carbonyl (C=O) groups is 1. The molecule has 0 radical (unpaired) electrons. The molecular weight excluding hydrogens is 288 g/mol. The van der Waals surface area contributed by atoms with Crippen molar-refractivity contribution >= 4 is 6.03 Å². The second kappa shape index (κ2) is 9.22. The number of hydrogen-bond donors (Lipinski definition) is 2. The standard InChI is InChI=1S/C19H26N2O2/c1-2-3-4-7-13-20-19(23)21(14-15-22)18-12-8-10-16-9-5-6-11-17(16)18/h1,5-6,9,11,18,22H,3-4,7-8,10,12-15H2,(H,20,23). The highest BCUT2D eigenvalue weighted by Gasteiger charge is 2.28. The van der Waals surface area contributed by atoms with Crippen LogP contribution in [0.1, 0.15) is 49.3 Å². The number of nitrogens with zero attached hydrogens (tertiary/aromatic N) is 1. The number of aliphatic hydroxyl groups is 1. The van der Waals surface area contributed by atoms with Gasteiger partial charge in [0.05, 0.1) is 12.6 Å². The Morgan fingerprint density at radius 2 is 2.22 bits per heavy atom. The predicted octanol–water partition coefficient (Wildman–Crippen LogP) is 2.87. The quantitative estimate of drug-likeness (QED) is 0.600. The Morgan fingerprint density at radius 1 is 1.39 bits per heavy atom. The van der Waals surface area contributed by atoms with Crippen LogP contribution in [0, 0.1) is 12.3 Å². The summed E-state index contributed by atoms with van der Waals surface area (Å²) in [5.41, 5.74) is 2.53. The molecule has 0 heterocycles. The third kappa shape index (κ3) is 4.74. The van der Waals surface area contributed by atoms with E-state index in [1.807, 2.05) is 12.1 Å². The Balaban J connectivity index is 2.01. The van der Waals surface area contributed by atoms with Gasteiger partial charge in [0.25, 0.3) is 0 Å². The molecule has 0 saturated carbocycles. The summed E-state index contributed by atoms with van der Waals surface area (Å²) in [5, 5.41) is 12.3. The van der Waals surface area contributed by atoms with Gasteiger partial charge in [-0.25, -0.2) is 4.79 Å². The van der Waals surface area contributed by atoms with Crippen molar-refractivity contribution in [2.75, 3.05) is 19.7 Å². The van der Waals surface area contributed by atoms with Gasteiger partial charge < -0.3 is 15.3 Å². The second-order valence-corrected chi connectivity index (χ2v) is 5.92. The number of amides is 2. The van der Waals surface area contributed by atoms with Crippen LogP contribution in [0.5, 0.6) is 0 Å². The van der Waals surface area contributed by atoms with Gasteiger partial charge in [0.15, 0.2) is 0 Å². The maximum atomic E-state index is 12.5. The van der Waals surface area contributed by atoms with Crippen molar-refractivity contribution in [1.29, 1.82) is 0 Å². The largest absolute Gasteiger partial charge is 0.395 e. The summed E-state index contributed by atoms with van der Waals surface area (Å²) in [6, 6.07) is 8.26. The van der Waals surface area contributed by atoms with Crippen LogP contribution in [0.4, 0.5) is 4.79 Å². The van der Waals surface area contributed by atoms with Crippen molar-refractivity contribution in [2.24, 2.45) is 0 Å². The van der Waals surface area contributed by atoms with E-state index in [-0.39, 0.29) is 18.7 Å². The number of nitrogens with one attached hydrogen (secondary N) is 1. The molecule has 1 aliphatic carbocycles. The predicted molar refractivity (Wildman–Crippen MR) is 92.0 cm³/mol. The maximum absolute atomic E-state index is 12.5. The molecule has 124 valence electrons. The molecule has 0 bridgehead atoms. The minimum atomic E-state index is -0.0959. The summed E-state index contributed by atoms with van der Waals surface area (Å²) >= 11 is 0. The van der Waals surface area contributed by atoms with Gasteiger partial charge in [-0.1, -0.05) is 24.3 Å². The number of carbonyl (C=O) groups excluding carboxylic acids is 1. The molecule has 1 aliphatic rings. The number of aryl methyl sites for hydroxylation is 1. The van der Waals surface area contributed by atoms with Gasteiger partial charge in [0.2, 0.25) is 0 Å². The minimum absolute atomic E-state index is 0.0246. The molecule has 4 heteroatoms. The molecule has 0 fully saturated rings. The minimum Gasteiger partial charge on any atom is -0.395 e. The molecule has 0 saturated heterocycles. The summed E-state index contributed by atoms with van der Waals surface area (Å²) in [6.45, 7) is 0.954. The molecular formula is C19H26N2O2. The van der Waals surface area contributed by atoms with Gasteiger partial charge >= 0.3 is 6.03 Å². The van der Waals surface area contributed by atoms with Crippen molar-refractivity contribution in [1.82, 2.24) is 10.2 Å². The number of benzene rings is 1. The van der Waals surface area contributed by atoms with Crippen molar-refractivity contribution in [3.05, 3.63) is 35.4 Å². The molecule has 23 heavy (non-hydrogen) atoms. The van der Waals surface area contributed by atoms with Gasteiger partial charge in [0, 0.05) is 19.5 Å². The first-order valence-electron chi connectivity index (χ1n) is 8.44. The molecule has 0 aliphatic heterocycles. The van der Waals surface area contributed by atoms with E-state index in [0.29, 0.717) is 13.1 Å². The number of hydrogen-bond acceptors (Lipinski definition) is 2. The van der Waals surface area contributed by atoms with Crippen LogP contribution in [0.2, 0.25) is 0 Å². The molecule has 1 aromatic carbocycles. The lowest BCUT2D eigenvalue weighted by Gasteiger charge is -2.35. The first kappa shape index (κ1) is 17.4. The first-order valence-corrected chi connectivity index (χ1v) is 8.44. The maximum Gasteiger partial charge on any atom is 0.317 e. The van der Waals surface area contributed by atoms with E-state index in [2.05, 4.69) is 23.4 Å². The zero-order chi connectivity index (χ0) is 16.5. The molecule has 1 unspecified atom stereocenters. The smallest absolute Gasteiger partial charge is 0.317 e. The third-order valence-corrected chi connectivity index (χ3v) is 4.34. The molecule has 0 spiro atoms. The fourth-order valence-corrected chi connectivity index (χ4v) is 3.21. The van der Waals surface area contributed by atoms with E-state index in [0.717, 1.165) is 38.5 Å². The van der Waals surface area contributed by atoms with E-state index >= 15 is 0 Å². The van der Waals surface area contributed by atoms with E-state index in [1.165, 1.54) is 11.1 Å². The normalized spacial score (nSPS) is 16.3. The molecule has 2 N–H and O–H groups in total. The highest BCUT2D eigenvalue weighted by Crippen LogP contribution is 2.34. The van der Waals surface area contributed by atoms with Gasteiger partial charge in [-0.15, -0.1) is 12.3 Å². The zero-order valence-electron chi connectivity index (χ0n) is 13.6. The van der Waals surface area contributed by atoms with Crippen LogP contribution in [0.25, 0.3) is 0 Å². The lowest BCUT2D eigenvalue weighted by molar-refractivity contribution is 0.144. The Bertz CT molecular complexity index is 551. The van der Waals surface area contributed by atoms with Crippen LogP contribution in [0.15, 0.2) is 24.3 Å². The van der Waals surface area contributed by atoms with Crippen LogP contribution < -0.4 is 5.32 Å². The number of rotatable bonds is 7. The van der Waals surface area contributed by atoms with Gasteiger partial charge in [-0.05, 0) is 43.2 Å². The average molecular weight is 314 g/mol. The van der Waals surface area contributed by atoms with Crippen molar-refractivity contribution in [2.45, 2.75) is 44.6 Å². The molecule has 2 amide bonds. The number of terminal acetylenes is 1. The van der Waals surface area contributed by atoms with Crippen LogP contribution >= 0.6 is 0 Å². The Labute approximate surface area is 138 Å². The Hall–Kier alpha value is -1.99. The lowest BCUT2D eigenvalue weighted by atomic mass is 9.87. The van der Waals surface area contributed by atoms with Gasteiger partial charge in [-0.3, -0.25) is 0 Å².